The van der Waals surface area contributed by atoms with Crippen molar-refractivity contribution < 1.29 is 9.59 Å². The predicted octanol–water partition coefficient (Wildman–Crippen LogP) is -0.325. The third kappa shape index (κ3) is 3.20. The van der Waals surface area contributed by atoms with Crippen LogP contribution in [0.2, 0.25) is 0 Å². The van der Waals surface area contributed by atoms with Gasteiger partial charge in [-0.25, -0.2) is 0 Å². The van der Waals surface area contributed by atoms with Crippen molar-refractivity contribution in [2.45, 2.75) is 26.3 Å². The summed E-state index contributed by atoms with van der Waals surface area (Å²) in [5.74, 6) is -0.781. The Kier molecular flexibility index (Phi) is 4.73. The van der Waals surface area contributed by atoms with Crippen LogP contribution in [0.3, 0.4) is 0 Å². The standard InChI is InChI=1S/C11H21N3O2/c1-9(2)13(3)10(15)11(16)14-7-4-5-12-6-8-14/h9,12H,4-8H2,1-3H3. The minimum absolute atomic E-state index is 0.0570. The van der Waals surface area contributed by atoms with E-state index in [0.717, 1.165) is 19.5 Å². The van der Waals surface area contributed by atoms with E-state index in [1.165, 1.54) is 4.90 Å². The van der Waals surface area contributed by atoms with Gasteiger partial charge in [0.25, 0.3) is 0 Å². The molecule has 92 valence electrons. The molecule has 0 radical (unpaired) electrons. The first kappa shape index (κ1) is 13.0. The van der Waals surface area contributed by atoms with E-state index in [1.54, 1.807) is 11.9 Å². The van der Waals surface area contributed by atoms with Crippen molar-refractivity contribution in [2.75, 3.05) is 33.2 Å². The van der Waals surface area contributed by atoms with Gasteiger partial charge in [-0.05, 0) is 26.8 Å². The average molecular weight is 227 g/mol. The molecule has 1 aliphatic rings. The third-order valence-corrected chi connectivity index (χ3v) is 2.91. The van der Waals surface area contributed by atoms with Gasteiger partial charge >= 0.3 is 11.8 Å². The van der Waals surface area contributed by atoms with Crippen LogP contribution < -0.4 is 5.32 Å². The second-order valence-electron chi connectivity index (χ2n) is 4.41. The number of carbonyl (C=O) groups is 2. The van der Waals surface area contributed by atoms with E-state index in [4.69, 9.17) is 0 Å². The van der Waals surface area contributed by atoms with E-state index >= 15 is 0 Å². The lowest BCUT2D eigenvalue weighted by Crippen LogP contribution is -2.47. The highest BCUT2D eigenvalue weighted by Crippen LogP contribution is 2.01. The van der Waals surface area contributed by atoms with Crippen LogP contribution in [-0.4, -0.2) is 60.9 Å². The number of nitrogens with zero attached hydrogens (tertiary/aromatic N) is 2. The quantitative estimate of drug-likeness (QED) is 0.624. The van der Waals surface area contributed by atoms with Gasteiger partial charge in [0, 0.05) is 32.7 Å². The molecule has 1 rings (SSSR count). The van der Waals surface area contributed by atoms with Gasteiger partial charge in [-0.1, -0.05) is 0 Å². The van der Waals surface area contributed by atoms with Gasteiger partial charge in [0.15, 0.2) is 0 Å². The van der Waals surface area contributed by atoms with Crippen LogP contribution >= 0.6 is 0 Å². The summed E-state index contributed by atoms with van der Waals surface area (Å²) in [4.78, 5) is 26.8. The third-order valence-electron chi connectivity index (χ3n) is 2.91. The molecule has 1 heterocycles. The molecular weight excluding hydrogens is 206 g/mol. The zero-order valence-corrected chi connectivity index (χ0v) is 10.3. The van der Waals surface area contributed by atoms with E-state index in [-0.39, 0.29) is 11.9 Å². The first-order valence-electron chi connectivity index (χ1n) is 5.81. The molecule has 0 atom stereocenters. The van der Waals surface area contributed by atoms with Crippen LogP contribution in [0, 0.1) is 0 Å². The van der Waals surface area contributed by atoms with Gasteiger partial charge in [-0.3, -0.25) is 9.59 Å². The zero-order valence-electron chi connectivity index (χ0n) is 10.3. The van der Waals surface area contributed by atoms with E-state index in [2.05, 4.69) is 5.32 Å². The van der Waals surface area contributed by atoms with Crippen LogP contribution in [-0.2, 0) is 9.59 Å². The molecule has 0 saturated carbocycles. The van der Waals surface area contributed by atoms with E-state index in [9.17, 15) is 9.59 Å². The summed E-state index contributed by atoms with van der Waals surface area (Å²) in [5, 5.41) is 3.20. The van der Waals surface area contributed by atoms with Gasteiger partial charge in [-0.15, -0.1) is 0 Å². The van der Waals surface area contributed by atoms with E-state index < -0.39 is 5.91 Å². The Bertz CT molecular complexity index is 258. The Labute approximate surface area is 96.8 Å². The van der Waals surface area contributed by atoms with E-state index in [0.29, 0.717) is 13.1 Å². The van der Waals surface area contributed by atoms with E-state index in [1.807, 2.05) is 13.8 Å². The highest BCUT2D eigenvalue weighted by Gasteiger charge is 2.26. The van der Waals surface area contributed by atoms with Gasteiger partial charge < -0.3 is 15.1 Å². The fraction of sp³-hybridized carbons (Fsp3) is 0.818. The lowest BCUT2D eigenvalue weighted by molar-refractivity contribution is -0.151. The summed E-state index contributed by atoms with van der Waals surface area (Å²) in [5.41, 5.74) is 0. The molecular formula is C11H21N3O2. The number of nitrogens with one attached hydrogen (secondary N) is 1. The van der Waals surface area contributed by atoms with Crippen LogP contribution in [0.1, 0.15) is 20.3 Å². The van der Waals surface area contributed by atoms with Crippen molar-refractivity contribution in [1.29, 1.82) is 0 Å². The van der Waals surface area contributed by atoms with Crippen molar-refractivity contribution in [2.24, 2.45) is 0 Å². The lowest BCUT2D eigenvalue weighted by atomic mass is 10.3. The monoisotopic (exact) mass is 227 g/mol. The van der Waals surface area contributed by atoms with Crippen LogP contribution in [0.5, 0.6) is 0 Å². The Morgan fingerprint density at radius 1 is 1.25 bits per heavy atom. The molecule has 0 aromatic carbocycles. The highest BCUT2D eigenvalue weighted by molar-refractivity contribution is 6.34. The molecule has 5 heteroatoms. The first-order chi connectivity index (χ1) is 7.54. The number of hydrogen-bond acceptors (Lipinski definition) is 3. The summed E-state index contributed by atoms with van der Waals surface area (Å²) in [7, 11) is 1.67. The smallest absolute Gasteiger partial charge is 0.312 e. The van der Waals surface area contributed by atoms with Crippen LogP contribution in [0.15, 0.2) is 0 Å². The van der Waals surface area contributed by atoms with Gasteiger partial charge in [-0.2, -0.15) is 0 Å². The average Bonchev–Trinajstić information content (AvgIpc) is 2.54. The molecule has 5 nitrogen and oxygen atoms in total. The molecule has 1 fully saturated rings. The van der Waals surface area contributed by atoms with Crippen LogP contribution in [0.4, 0.5) is 0 Å². The molecule has 0 aliphatic carbocycles. The SMILES string of the molecule is CC(C)N(C)C(=O)C(=O)N1CCCNCC1. The second-order valence-corrected chi connectivity index (χ2v) is 4.41. The first-order valence-corrected chi connectivity index (χ1v) is 5.81. The Hall–Kier alpha value is -1.10. The van der Waals surface area contributed by atoms with Crippen LogP contribution in [0.25, 0.3) is 0 Å². The molecule has 0 aromatic heterocycles. The fourth-order valence-corrected chi connectivity index (χ4v) is 1.57. The Balaban J connectivity index is 2.58. The number of amides is 2. The summed E-state index contributed by atoms with van der Waals surface area (Å²) in [6, 6.07) is 0.0570. The van der Waals surface area contributed by atoms with Crippen molar-refractivity contribution in [3.8, 4) is 0 Å². The normalized spacial score (nSPS) is 17.1. The number of likely N-dealkylation sites (N-methyl/N-ethyl adjacent to an activating group) is 1. The molecule has 0 spiro atoms. The highest BCUT2D eigenvalue weighted by atomic mass is 16.2. The van der Waals surface area contributed by atoms with Crippen molar-refractivity contribution in [1.82, 2.24) is 15.1 Å². The molecule has 1 saturated heterocycles. The van der Waals surface area contributed by atoms with Gasteiger partial charge in [0.05, 0.1) is 0 Å². The molecule has 1 N–H and O–H groups in total. The van der Waals surface area contributed by atoms with Gasteiger partial charge in [0.1, 0.15) is 0 Å². The second kappa shape index (κ2) is 5.84. The lowest BCUT2D eigenvalue weighted by Gasteiger charge is -2.25. The molecule has 0 aromatic rings. The maximum Gasteiger partial charge on any atom is 0.312 e. The number of rotatable bonds is 1. The summed E-state index contributed by atoms with van der Waals surface area (Å²) >= 11 is 0. The predicted molar refractivity (Wildman–Crippen MR) is 62.0 cm³/mol. The summed E-state index contributed by atoms with van der Waals surface area (Å²) in [6.07, 6.45) is 0.907. The molecule has 2 amide bonds. The summed E-state index contributed by atoms with van der Waals surface area (Å²) in [6.45, 7) is 6.77. The minimum Gasteiger partial charge on any atom is -0.335 e. The maximum absolute atomic E-state index is 11.9. The summed E-state index contributed by atoms with van der Waals surface area (Å²) < 4.78 is 0. The topological polar surface area (TPSA) is 52.7 Å². The zero-order chi connectivity index (χ0) is 12.1. The fourth-order valence-electron chi connectivity index (χ4n) is 1.57. The molecule has 0 unspecified atom stereocenters. The minimum atomic E-state index is -0.406. The number of hydrogen-bond donors (Lipinski definition) is 1. The Morgan fingerprint density at radius 3 is 2.56 bits per heavy atom. The Morgan fingerprint density at radius 2 is 1.94 bits per heavy atom. The number of carbonyl (C=O) groups excluding carboxylic acids is 2. The van der Waals surface area contributed by atoms with Gasteiger partial charge in [0.2, 0.25) is 0 Å². The molecule has 1 aliphatic heterocycles. The van der Waals surface area contributed by atoms with Crippen molar-refractivity contribution in [3.05, 3.63) is 0 Å². The van der Waals surface area contributed by atoms with Crippen molar-refractivity contribution >= 4 is 11.8 Å². The largest absolute Gasteiger partial charge is 0.335 e. The molecule has 16 heavy (non-hydrogen) atoms. The van der Waals surface area contributed by atoms with Crippen molar-refractivity contribution in [3.63, 3.8) is 0 Å². The molecule has 0 bridgehead atoms. The maximum atomic E-state index is 11.9.